The van der Waals surface area contributed by atoms with Gasteiger partial charge in [-0.05, 0) is 235 Å². The summed E-state index contributed by atoms with van der Waals surface area (Å²) in [5, 5.41) is 3.89. The van der Waals surface area contributed by atoms with E-state index in [2.05, 4.69) is 205 Å². The van der Waals surface area contributed by atoms with Crippen LogP contribution in [-0.4, -0.2) is 59.8 Å². The number of nitrogens with one attached hydrogen (secondary N) is 5. The van der Waals surface area contributed by atoms with Gasteiger partial charge in [-0.2, -0.15) is 0 Å². The van der Waals surface area contributed by atoms with Crippen molar-refractivity contribution in [2.24, 2.45) is 0 Å². The highest BCUT2D eigenvalue weighted by Crippen LogP contribution is 2.41. The number of benzene rings is 4. The Hall–Kier alpha value is -10.4. The monoisotopic (exact) mass is 1110 g/mol. The van der Waals surface area contributed by atoms with Gasteiger partial charge in [-0.25, -0.2) is 39.9 Å². The maximum Gasteiger partial charge on any atom is 0.178 e. The van der Waals surface area contributed by atoms with Crippen molar-refractivity contribution in [2.45, 2.75) is 83.1 Å². The van der Waals surface area contributed by atoms with E-state index in [-0.39, 0.29) is 0 Å². The van der Waals surface area contributed by atoms with E-state index in [0.29, 0.717) is 68.7 Å². The highest BCUT2D eigenvalue weighted by molar-refractivity contribution is 6.01. The molecule has 0 amide bonds. The summed E-state index contributed by atoms with van der Waals surface area (Å²) in [6.07, 6.45) is 12.3. The molecule has 4 aliphatic rings. The van der Waals surface area contributed by atoms with Crippen LogP contribution in [0.1, 0.15) is 113 Å². The van der Waals surface area contributed by atoms with Gasteiger partial charge in [0.2, 0.25) is 0 Å². The number of H-pyrrole nitrogens is 4. The number of fused-ring (bicyclic) bond motifs is 16. The first-order valence-electron chi connectivity index (χ1n) is 28.8. The molecule has 0 atom stereocenters. The number of aromatic nitrogens is 12. The molecule has 13 nitrogen and oxygen atoms in total. The van der Waals surface area contributed by atoms with E-state index in [1.165, 1.54) is 22.3 Å². The minimum absolute atomic E-state index is 0.466. The van der Waals surface area contributed by atoms with Crippen LogP contribution in [0.2, 0.25) is 0 Å². The average Bonchev–Trinajstić information content (AvgIpc) is 3.87. The van der Waals surface area contributed by atoms with Crippen molar-refractivity contribution in [1.82, 2.24) is 65.1 Å². The van der Waals surface area contributed by atoms with Crippen LogP contribution in [0.25, 0.3) is 137 Å². The number of nitrogens with zero attached hydrogens (tertiary/aromatic N) is 8. The number of rotatable bonds is 6. The largest absolute Gasteiger partial charge is 0.349 e. The molecule has 0 radical (unpaired) electrons. The van der Waals surface area contributed by atoms with E-state index >= 15 is 0 Å². The molecular formula is C72H63N13. The van der Waals surface area contributed by atoms with Crippen LogP contribution in [0, 0.1) is 83.1 Å². The predicted molar refractivity (Wildman–Crippen MR) is 349 cm³/mol. The standard InChI is InChI=1S/C72H63N13/c1-35-25-39(5)63(40(6)26-35)67-47-13-19-57(74-47)82-59-21-15-51(76-59)69(65-43(9)29-37(3)30-44(65)10)53-33-55(71(80-53)84-61-23-17-49(67)78-61)73-56-34-54-70(66-45(11)31-38(4)32-46(66)12)52-16-22-60(77-52)83-58-20-14-48(75-58)68(64-41(7)27-36(2)28-42(64)8)50-18-24-62(79-50)85-72(56)81-54/h13-34,73H,1-12H3,(H,74,76,82)(H,75,77,83)(H,78,80,84)(H,79,81,85). The van der Waals surface area contributed by atoms with Gasteiger partial charge < -0.3 is 25.3 Å². The van der Waals surface area contributed by atoms with Crippen molar-refractivity contribution < 1.29 is 0 Å². The van der Waals surface area contributed by atoms with Crippen molar-refractivity contribution in [3.63, 3.8) is 0 Å². The van der Waals surface area contributed by atoms with Crippen molar-refractivity contribution in [2.75, 3.05) is 0 Å². The quantitative estimate of drug-likeness (QED) is 0.108. The first-order valence-corrected chi connectivity index (χ1v) is 28.8. The van der Waals surface area contributed by atoms with Gasteiger partial charge in [0.25, 0.3) is 0 Å². The molecule has 0 saturated heterocycles. The zero-order valence-electron chi connectivity index (χ0n) is 49.8. The Morgan fingerprint density at radius 2 is 0.541 bits per heavy atom. The minimum atomic E-state index is 0.466. The molecule has 14 rings (SSSR count). The molecule has 0 spiro atoms. The molecule has 6 aromatic heterocycles. The maximum atomic E-state index is 5.54. The summed E-state index contributed by atoms with van der Waals surface area (Å²) >= 11 is 0. The molecule has 16 bridgehead atoms. The smallest absolute Gasteiger partial charge is 0.178 e. The molecule has 4 aromatic carbocycles. The second-order valence-corrected chi connectivity index (χ2v) is 23.3. The average molecular weight is 1110 g/mol. The number of hydrogen-bond donors (Lipinski definition) is 5. The third-order valence-electron chi connectivity index (χ3n) is 16.4. The van der Waals surface area contributed by atoms with Gasteiger partial charge in [0.15, 0.2) is 23.3 Å². The lowest BCUT2D eigenvalue weighted by Gasteiger charge is -2.13. The van der Waals surface area contributed by atoms with Crippen LogP contribution in [-0.2, 0) is 0 Å². The lowest BCUT2D eigenvalue weighted by Crippen LogP contribution is -2.10. The third-order valence-corrected chi connectivity index (χ3v) is 16.4. The van der Waals surface area contributed by atoms with Crippen molar-refractivity contribution in [3.8, 4) is 44.5 Å². The van der Waals surface area contributed by atoms with Crippen molar-refractivity contribution in [3.05, 3.63) is 210 Å². The lowest BCUT2D eigenvalue weighted by molar-refractivity contribution is 1.09. The first-order chi connectivity index (χ1) is 40.9. The second-order valence-electron chi connectivity index (χ2n) is 23.3. The highest BCUT2D eigenvalue weighted by atomic mass is 15.1. The topological polar surface area (TPSA) is 178 Å². The number of aromatic amines is 4. The van der Waals surface area contributed by atoms with Crippen molar-refractivity contribution >= 4 is 92.5 Å². The van der Waals surface area contributed by atoms with E-state index in [1.54, 1.807) is 0 Å². The summed E-state index contributed by atoms with van der Waals surface area (Å²) < 4.78 is 0. The lowest BCUT2D eigenvalue weighted by atomic mass is 9.92. The molecule has 0 unspecified atom stereocenters. The second kappa shape index (κ2) is 20.2. The van der Waals surface area contributed by atoms with Gasteiger partial charge in [0.1, 0.15) is 22.6 Å². The van der Waals surface area contributed by atoms with Crippen LogP contribution in [0.5, 0.6) is 0 Å². The van der Waals surface area contributed by atoms with E-state index in [9.17, 15) is 0 Å². The van der Waals surface area contributed by atoms with E-state index in [1.807, 2.05) is 36.4 Å². The van der Waals surface area contributed by atoms with Gasteiger partial charge in [-0.3, -0.25) is 0 Å². The van der Waals surface area contributed by atoms with Crippen LogP contribution >= 0.6 is 0 Å². The summed E-state index contributed by atoms with van der Waals surface area (Å²) in [6, 6.07) is 34.2. The molecule has 4 aliphatic heterocycles. The molecule has 0 saturated carbocycles. The normalized spacial score (nSPS) is 12.8. The van der Waals surface area contributed by atoms with Crippen LogP contribution < -0.4 is 5.32 Å². The molecule has 0 fully saturated rings. The van der Waals surface area contributed by atoms with Gasteiger partial charge in [-0.1, -0.05) is 70.8 Å². The van der Waals surface area contributed by atoms with Crippen molar-refractivity contribution in [1.29, 1.82) is 0 Å². The molecule has 10 aromatic rings. The summed E-state index contributed by atoms with van der Waals surface area (Å²) in [6.45, 7) is 25.8. The Labute approximate surface area is 492 Å². The van der Waals surface area contributed by atoms with E-state index in [0.717, 1.165) is 122 Å². The molecule has 0 aliphatic carbocycles. The van der Waals surface area contributed by atoms with Gasteiger partial charge >= 0.3 is 0 Å². The summed E-state index contributed by atoms with van der Waals surface area (Å²) in [7, 11) is 0. The van der Waals surface area contributed by atoms with Gasteiger partial charge in [0, 0.05) is 44.3 Å². The summed E-state index contributed by atoms with van der Waals surface area (Å²) in [5.74, 6) is 2.13. The molecule has 85 heavy (non-hydrogen) atoms. The summed E-state index contributed by atoms with van der Waals surface area (Å²) in [4.78, 5) is 57.3. The molecule has 13 heteroatoms. The molecule has 5 N–H and O–H groups in total. The minimum Gasteiger partial charge on any atom is -0.349 e. The Morgan fingerprint density at radius 3 is 0.835 bits per heavy atom. The Balaban J connectivity index is 1.05. The zero-order valence-corrected chi connectivity index (χ0v) is 49.8. The fourth-order valence-electron chi connectivity index (χ4n) is 13.4. The molecule has 416 valence electrons. The fourth-order valence-corrected chi connectivity index (χ4v) is 13.4. The zero-order chi connectivity index (χ0) is 58.7. The van der Waals surface area contributed by atoms with Gasteiger partial charge in [-0.15, -0.1) is 0 Å². The van der Waals surface area contributed by atoms with Gasteiger partial charge in [0.05, 0.1) is 34.2 Å². The number of aryl methyl sites for hydroxylation is 12. The fraction of sp³-hybridized carbons (Fsp3) is 0.167. The first kappa shape index (κ1) is 52.7. The summed E-state index contributed by atoms with van der Waals surface area (Å²) in [5.41, 5.74) is 32.2. The van der Waals surface area contributed by atoms with Crippen LogP contribution in [0.15, 0.2) is 97.1 Å². The van der Waals surface area contributed by atoms with E-state index in [4.69, 9.17) is 39.9 Å². The SMILES string of the molecule is Cc1cc(C)c(-c2c3nc(nc4ccc([nH]4)c(-c4c(C)cc(C)cc4C)c4nc(nc5ccc2[nH]5)C=C4)C(NC2=Cc4nc2nc2ccc([nH]2)c(-c2c(C)cc(C)cc2C)c2nc(nc5ccc([nH]5)c4-c4c(C)cc(C)cc4C)C=C2)=C3)c(C)c1. The van der Waals surface area contributed by atoms with Crippen LogP contribution in [0.4, 0.5) is 0 Å². The Morgan fingerprint density at radius 1 is 0.271 bits per heavy atom. The third kappa shape index (κ3) is 9.47. The van der Waals surface area contributed by atoms with Crippen LogP contribution in [0.3, 0.4) is 0 Å². The highest BCUT2D eigenvalue weighted by Gasteiger charge is 2.26. The maximum absolute atomic E-state index is 5.54. The Kier molecular flexibility index (Phi) is 12.5. The predicted octanol–water partition coefficient (Wildman–Crippen LogP) is 16.5. The molecular weight excluding hydrogens is 1050 g/mol. The Bertz CT molecular complexity index is 4660. The molecule has 10 heterocycles. The number of hydrogen-bond acceptors (Lipinski definition) is 9. The van der Waals surface area contributed by atoms with E-state index < -0.39 is 0 Å².